The van der Waals surface area contributed by atoms with Gasteiger partial charge in [-0.1, -0.05) is 25.1 Å². The SMILES string of the molecule is CC[C@H](C)NC(=O)c1ccccc1NC(=O)[C@H](C)N(c1ccc(C)c(C)c1)S(C)(=O)=O. The van der Waals surface area contributed by atoms with Gasteiger partial charge in [-0.05, 0) is 69.5 Å². The lowest BCUT2D eigenvalue weighted by Crippen LogP contribution is -2.45. The van der Waals surface area contributed by atoms with E-state index in [9.17, 15) is 18.0 Å². The van der Waals surface area contributed by atoms with E-state index in [0.717, 1.165) is 28.1 Å². The number of rotatable bonds is 8. The lowest BCUT2D eigenvalue weighted by atomic mass is 10.1. The second-order valence-corrected chi connectivity index (χ2v) is 9.68. The molecule has 0 aromatic heterocycles. The summed E-state index contributed by atoms with van der Waals surface area (Å²) in [6.07, 6.45) is 1.84. The maximum Gasteiger partial charge on any atom is 0.253 e. The van der Waals surface area contributed by atoms with Crippen LogP contribution >= 0.6 is 0 Å². The minimum atomic E-state index is -3.74. The molecule has 0 heterocycles. The second kappa shape index (κ2) is 9.96. The monoisotopic (exact) mass is 445 g/mol. The van der Waals surface area contributed by atoms with Crippen molar-refractivity contribution in [3.63, 3.8) is 0 Å². The van der Waals surface area contributed by atoms with Crippen LogP contribution in [-0.2, 0) is 14.8 Å². The Kier molecular flexibility index (Phi) is 7.84. The first kappa shape index (κ1) is 24.4. The highest BCUT2D eigenvalue weighted by atomic mass is 32.2. The Balaban J connectivity index is 2.33. The molecule has 2 N–H and O–H groups in total. The van der Waals surface area contributed by atoms with Crippen molar-refractivity contribution in [2.24, 2.45) is 0 Å². The van der Waals surface area contributed by atoms with Crippen LogP contribution in [0.3, 0.4) is 0 Å². The maximum atomic E-state index is 13.0. The van der Waals surface area contributed by atoms with Gasteiger partial charge in [-0.2, -0.15) is 0 Å². The van der Waals surface area contributed by atoms with Crippen LogP contribution < -0.4 is 14.9 Å². The standard InChI is InChI=1S/C23H31N3O4S/c1-7-17(4)24-23(28)20-10-8-9-11-21(20)25-22(27)18(5)26(31(6,29)30)19-13-12-15(2)16(3)14-19/h8-14,17-18H,7H2,1-6H3,(H,24,28)(H,25,27)/t17-,18-/m0/s1. The minimum absolute atomic E-state index is 0.0133. The first-order chi connectivity index (χ1) is 14.5. The van der Waals surface area contributed by atoms with Gasteiger partial charge >= 0.3 is 0 Å². The van der Waals surface area contributed by atoms with Gasteiger partial charge in [0.2, 0.25) is 15.9 Å². The second-order valence-electron chi connectivity index (χ2n) is 7.82. The summed E-state index contributed by atoms with van der Waals surface area (Å²) in [7, 11) is -3.74. The molecule has 2 aromatic carbocycles. The quantitative estimate of drug-likeness (QED) is 0.649. The summed E-state index contributed by atoms with van der Waals surface area (Å²) >= 11 is 0. The van der Waals surface area contributed by atoms with Gasteiger partial charge in [-0.25, -0.2) is 8.42 Å². The van der Waals surface area contributed by atoms with Crippen LogP contribution in [0.1, 0.15) is 48.7 Å². The predicted molar refractivity (Wildman–Crippen MR) is 125 cm³/mol. The molecule has 0 bridgehead atoms. The molecule has 0 aliphatic rings. The Morgan fingerprint density at radius 1 is 1.03 bits per heavy atom. The number of nitrogens with zero attached hydrogens (tertiary/aromatic N) is 1. The van der Waals surface area contributed by atoms with Crippen LogP contribution in [0.4, 0.5) is 11.4 Å². The van der Waals surface area contributed by atoms with E-state index in [2.05, 4.69) is 10.6 Å². The van der Waals surface area contributed by atoms with E-state index < -0.39 is 22.0 Å². The molecule has 0 saturated heterocycles. The van der Waals surface area contributed by atoms with Crippen molar-refractivity contribution in [2.45, 2.75) is 53.1 Å². The molecule has 8 heteroatoms. The van der Waals surface area contributed by atoms with E-state index in [4.69, 9.17) is 0 Å². The van der Waals surface area contributed by atoms with Gasteiger partial charge in [-0.15, -0.1) is 0 Å². The highest BCUT2D eigenvalue weighted by Crippen LogP contribution is 2.25. The van der Waals surface area contributed by atoms with E-state index in [-0.39, 0.29) is 11.9 Å². The van der Waals surface area contributed by atoms with Crippen LogP contribution in [-0.4, -0.2) is 38.6 Å². The van der Waals surface area contributed by atoms with Crippen molar-refractivity contribution < 1.29 is 18.0 Å². The Morgan fingerprint density at radius 3 is 2.26 bits per heavy atom. The molecular formula is C23H31N3O4S. The molecule has 2 amide bonds. The number of benzene rings is 2. The minimum Gasteiger partial charge on any atom is -0.350 e. The fourth-order valence-corrected chi connectivity index (χ4v) is 4.27. The van der Waals surface area contributed by atoms with Gasteiger partial charge in [0, 0.05) is 6.04 Å². The molecule has 31 heavy (non-hydrogen) atoms. The largest absolute Gasteiger partial charge is 0.350 e. The number of sulfonamides is 1. The molecule has 168 valence electrons. The number of hydrogen-bond acceptors (Lipinski definition) is 4. The van der Waals surface area contributed by atoms with Crippen LogP contribution in [0, 0.1) is 13.8 Å². The first-order valence-electron chi connectivity index (χ1n) is 10.2. The molecular weight excluding hydrogens is 414 g/mol. The summed E-state index contributed by atoms with van der Waals surface area (Å²) in [5, 5.41) is 5.60. The van der Waals surface area contributed by atoms with Crippen LogP contribution in [0.25, 0.3) is 0 Å². The number of carbonyl (C=O) groups is 2. The van der Waals surface area contributed by atoms with Gasteiger partial charge in [0.1, 0.15) is 6.04 Å². The number of aryl methyl sites for hydroxylation is 2. The number of amides is 2. The van der Waals surface area contributed by atoms with Crippen LogP contribution in [0.5, 0.6) is 0 Å². The highest BCUT2D eigenvalue weighted by Gasteiger charge is 2.30. The Labute approximate surface area is 184 Å². The molecule has 0 fully saturated rings. The lowest BCUT2D eigenvalue weighted by molar-refractivity contribution is -0.116. The summed E-state index contributed by atoms with van der Waals surface area (Å²) in [4.78, 5) is 25.6. The predicted octanol–water partition coefficient (Wildman–Crippen LogP) is 3.62. The number of anilines is 2. The van der Waals surface area contributed by atoms with Crippen LogP contribution in [0.15, 0.2) is 42.5 Å². The van der Waals surface area contributed by atoms with Crippen molar-refractivity contribution in [2.75, 3.05) is 15.9 Å². The van der Waals surface area contributed by atoms with Crippen molar-refractivity contribution in [1.29, 1.82) is 0 Å². The Hall–Kier alpha value is -2.87. The molecule has 2 rings (SSSR count). The van der Waals surface area contributed by atoms with E-state index in [1.165, 1.54) is 6.92 Å². The van der Waals surface area contributed by atoms with E-state index >= 15 is 0 Å². The topological polar surface area (TPSA) is 95.6 Å². The van der Waals surface area contributed by atoms with Gasteiger partial charge in [-0.3, -0.25) is 13.9 Å². The number of para-hydroxylation sites is 1. The summed E-state index contributed by atoms with van der Waals surface area (Å²) < 4.78 is 26.2. The van der Waals surface area contributed by atoms with Crippen molar-refractivity contribution in [3.8, 4) is 0 Å². The molecule has 2 atom stereocenters. The number of nitrogens with one attached hydrogen (secondary N) is 2. The zero-order valence-corrected chi connectivity index (χ0v) is 19.7. The average molecular weight is 446 g/mol. The zero-order valence-electron chi connectivity index (χ0n) is 18.9. The average Bonchev–Trinajstić information content (AvgIpc) is 2.69. The number of carbonyl (C=O) groups excluding carboxylic acids is 2. The van der Waals surface area contributed by atoms with E-state index in [1.54, 1.807) is 36.4 Å². The van der Waals surface area contributed by atoms with Gasteiger partial charge < -0.3 is 10.6 Å². The normalized spacial score (nSPS) is 13.2. The molecule has 0 radical (unpaired) electrons. The summed E-state index contributed by atoms with van der Waals surface area (Å²) in [6, 6.07) is 10.9. The molecule has 0 aliphatic heterocycles. The van der Waals surface area contributed by atoms with Crippen molar-refractivity contribution >= 4 is 33.2 Å². The smallest absolute Gasteiger partial charge is 0.253 e. The van der Waals surface area contributed by atoms with E-state index in [0.29, 0.717) is 16.9 Å². The third kappa shape index (κ3) is 6.07. The maximum absolute atomic E-state index is 13.0. The third-order valence-corrected chi connectivity index (χ3v) is 6.49. The molecule has 0 aliphatic carbocycles. The summed E-state index contributed by atoms with van der Waals surface area (Å²) in [6.45, 7) is 9.20. The molecule has 7 nitrogen and oxygen atoms in total. The highest BCUT2D eigenvalue weighted by molar-refractivity contribution is 7.92. The fourth-order valence-electron chi connectivity index (χ4n) is 3.10. The zero-order chi connectivity index (χ0) is 23.3. The third-order valence-electron chi connectivity index (χ3n) is 5.25. The summed E-state index contributed by atoms with van der Waals surface area (Å²) in [5.41, 5.74) is 3.01. The van der Waals surface area contributed by atoms with Crippen molar-refractivity contribution in [1.82, 2.24) is 5.32 Å². The van der Waals surface area contributed by atoms with Gasteiger partial charge in [0.25, 0.3) is 5.91 Å². The van der Waals surface area contributed by atoms with Gasteiger partial charge in [0.05, 0.1) is 23.2 Å². The molecule has 0 spiro atoms. The summed E-state index contributed by atoms with van der Waals surface area (Å²) in [5.74, 6) is -0.834. The van der Waals surface area contributed by atoms with Crippen molar-refractivity contribution in [3.05, 3.63) is 59.2 Å². The number of hydrogen-bond donors (Lipinski definition) is 2. The Bertz CT molecular complexity index is 1070. The fraction of sp³-hybridized carbons (Fsp3) is 0.391. The van der Waals surface area contributed by atoms with Gasteiger partial charge in [0.15, 0.2) is 0 Å². The lowest BCUT2D eigenvalue weighted by Gasteiger charge is -2.29. The molecule has 0 unspecified atom stereocenters. The molecule has 0 saturated carbocycles. The first-order valence-corrected chi connectivity index (χ1v) is 12.1. The van der Waals surface area contributed by atoms with Crippen LogP contribution in [0.2, 0.25) is 0 Å². The van der Waals surface area contributed by atoms with E-state index in [1.807, 2.05) is 33.8 Å². The molecule has 2 aromatic rings. The Morgan fingerprint density at radius 2 is 1.68 bits per heavy atom.